The quantitative estimate of drug-likeness (QED) is 0.741. The number of halogens is 1. The third kappa shape index (κ3) is 2.19. The fraction of sp³-hybridized carbons (Fsp3) is 0.182. The van der Waals surface area contributed by atoms with Gasteiger partial charge in [0.25, 0.3) is 0 Å². The summed E-state index contributed by atoms with van der Waals surface area (Å²) in [6.45, 7) is 1.85. The van der Waals surface area contributed by atoms with Gasteiger partial charge < -0.3 is 4.42 Å². The van der Waals surface area contributed by atoms with E-state index in [1.54, 1.807) is 11.8 Å². The number of oxazole rings is 1. The predicted molar refractivity (Wildman–Crippen MR) is 63.5 cm³/mol. The summed E-state index contributed by atoms with van der Waals surface area (Å²) in [5.74, 6) is 1.50. The van der Waals surface area contributed by atoms with E-state index in [9.17, 15) is 0 Å². The lowest BCUT2D eigenvalue weighted by Gasteiger charge is -1.98. The molecule has 0 N–H and O–H groups in total. The molecule has 1 heterocycles. The molecule has 2 rings (SSSR count). The minimum atomic E-state index is 0.685. The van der Waals surface area contributed by atoms with Gasteiger partial charge in [-0.1, -0.05) is 11.6 Å². The number of benzene rings is 1. The van der Waals surface area contributed by atoms with Crippen LogP contribution in [0.3, 0.4) is 0 Å². The van der Waals surface area contributed by atoms with Crippen molar-refractivity contribution in [1.82, 2.24) is 4.98 Å². The van der Waals surface area contributed by atoms with E-state index in [-0.39, 0.29) is 0 Å². The third-order valence-corrected chi connectivity index (χ3v) is 2.92. The first kappa shape index (κ1) is 10.6. The average Bonchev–Trinajstić information content (AvgIpc) is 2.61. The molecule has 2 aromatic rings. The first-order valence-electron chi connectivity index (χ1n) is 4.48. The summed E-state index contributed by atoms with van der Waals surface area (Å²) in [6, 6.07) is 7.56. The Hall–Kier alpha value is -0.930. The maximum Gasteiger partial charge on any atom is 0.192 e. The summed E-state index contributed by atoms with van der Waals surface area (Å²) < 4.78 is 5.56. The maximum atomic E-state index is 5.83. The first-order chi connectivity index (χ1) is 7.20. The molecule has 0 spiro atoms. The highest BCUT2D eigenvalue weighted by atomic mass is 35.5. The monoisotopic (exact) mass is 239 g/mol. The van der Waals surface area contributed by atoms with Gasteiger partial charge in [0.15, 0.2) is 11.7 Å². The van der Waals surface area contributed by atoms with E-state index in [2.05, 4.69) is 4.98 Å². The molecular formula is C11H10ClNOS. The van der Waals surface area contributed by atoms with Crippen LogP contribution in [0, 0.1) is 6.92 Å². The molecule has 0 bridgehead atoms. The lowest BCUT2D eigenvalue weighted by Crippen LogP contribution is -1.77. The molecule has 0 saturated heterocycles. The maximum absolute atomic E-state index is 5.83. The molecule has 0 unspecified atom stereocenters. The van der Waals surface area contributed by atoms with Gasteiger partial charge in [0.1, 0.15) is 5.03 Å². The van der Waals surface area contributed by atoms with Crippen LogP contribution in [0.5, 0.6) is 0 Å². The standard InChI is InChI=1S/C11H10ClNOS/c1-7-13-11(15-2)10(14-7)8-3-5-9(12)6-4-8/h3-6H,1-2H3. The molecule has 1 aromatic carbocycles. The highest BCUT2D eigenvalue weighted by Gasteiger charge is 2.11. The Labute approximate surface area is 97.7 Å². The summed E-state index contributed by atoms with van der Waals surface area (Å²) in [5, 5.41) is 1.63. The van der Waals surface area contributed by atoms with Crippen LogP contribution < -0.4 is 0 Å². The van der Waals surface area contributed by atoms with Gasteiger partial charge in [0, 0.05) is 17.5 Å². The molecule has 0 aliphatic heterocycles. The molecule has 2 nitrogen and oxygen atoms in total. The van der Waals surface area contributed by atoms with Crippen molar-refractivity contribution in [2.75, 3.05) is 6.26 Å². The van der Waals surface area contributed by atoms with Crippen molar-refractivity contribution in [3.05, 3.63) is 35.2 Å². The van der Waals surface area contributed by atoms with Gasteiger partial charge in [-0.05, 0) is 30.5 Å². The number of hydrogen-bond donors (Lipinski definition) is 0. The molecule has 78 valence electrons. The van der Waals surface area contributed by atoms with E-state index in [0.717, 1.165) is 21.4 Å². The van der Waals surface area contributed by atoms with E-state index in [0.29, 0.717) is 5.89 Å². The Bertz CT molecular complexity index is 464. The van der Waals surface area contributed by atoms with Crippen LogP contribution in [-0.2, 0) is 0 Å². The van der Waals surface area contributed by atoms with Crippen molar-refractivity contribution >= 4 is 23.4 Å². The van der Waals surface area contributed by atoms with Crippen molar-refractivity contribution in [3.8, 4) is 11.3 Å². The van der Waals surface area contributed by atoms with E-state index in [4.69, 9.17) is 16.0 Å². The number of aryl methyl sites for hydroxylation is 1. The zero-order valence-corrected chi connectivity index (χ0v) is 10.0. The van der Waals surface area contributed by atoms with E-state index in [1.165, 1.54) is 0 Å². The SMILES string of the molecule is CSc1nc(C)oc1-c1ccc(Cl)cc1. The minimum Gasteiger partial charge on any atom is -0.440 e. The molecule has 0 radical (unpaired) electrons. The van der Waals surface area contributed by atoms with Crippen LogP contribution in [0.15, 0.2) is 33.7 Å². The Morgan fingerprint density at radius 2 is 1.93 bits per heavy atom. The van der Waals surface area contributed by atoms with Crippen molar-refractivity contribution in [1.29, 1.82) is 0 Å². The second-order valence-electron chi connectivity index (χ2n) is 3.08. The van der Waals surface area contributed by atoms with E-state index in [1.807, 2.05) is 37.4 Å². The Morgan fingerprint density at radius 3 is 2.53 bits per heavy atom. The zero-order valence-electron chi connectivity index (χ0n) is 8.45. The molecule has 0 aliphatic rings. The molecule has 15 heavy (non-hydrogen) atoms. The predicted octanol–water partition coefficient (Wildman–Crippen LogP) is 4.03. The molecule has 1 aromatic heterocycles. The molecule has 0 saturated carbocycles. The third-order valence-electron chi connectivity index (χ3n) is 2.00. The fourth-order valence-electron chi connectivity index (χ4n) is 1.33. The largest absolute Gasteiger partial charge is 0.440 e. The Morgan fingerprint density at radius 1 is 1.27 bits per heavy atom. The van der Waals surface area contributed by atoms with Gasteiger partial charge in [-0.2, -0.15) is 0 Å². The molecular weight excluding hydrogens is 230 g/mol. The number of hydrogen-bond acceptors (Lipinski definition) is 3. The van der Waals surface area contributed by atoms with E-state index >= 15 is 0 Å². The van der Waals surface area contributed by atoms with Crippen LogP contribution in [0.2, 0.25) is 5.02 Å². The molecule has 4 heteroatoms. The Kier molecular flexibility index (Phi) is 3.03. The first-order valence-corrected chi connectivity index (χ1v) is 6.08. The molecule has 0 amide bonds. The topological polar surface area (TPSA) is 26.0 Å². The number of rotatable bonds is 2. The van der Waals surface area contributed by atoms with E-state index < -0.39 is 0 Å². The highest BCUT2D eigenvalue weighted by molar-refractivity contribution is 7.98. The van der Waals surface area contributed by atoms with Crippen LogP contribution in [0.4, 0.5) is 0 Å². The fourth-order valence-corrected chi connectivity index (χ4v) is 2.02. The summed E-state index contributed by atoms with van der Waals surface area (Å²) in [6.07, 6.45) is 1.98. The second-order valence-corrected chi connectivity index (χ2v) is 4.31. The van der Waals surface area contributed by atoms with Gasteiger partial charge in [0.05, 0.1) is 0 Å². The smallest absolute Gasteiger partial charge is 0.192 e. The van der Waals surface area contributed by atoms with Crippen molar-refractivity contribution < 1.29 is 4.42 Å². The number of nitrogens with zero attached hydrogens (tertiary/aromatic N) is 1. The zero-order chi connectivity index (χ0) is 10.8. The van der Waals surface area contributed by atoms with Crippen molar-refractivity contribution in [2.45, 2.75) is 11.9 Å². The summed E-state index contributed by atoms with van der Waals surface area (Å²) in [4.78, 5) is 4.29. The molecule has 0 aliphatic carbocycles. The van der Waals surface area contributed by atoms with Crippen molar-refractivity contribution in [2.24, 2.45) is 0 Å². The van der Waals surface area contributed by atoms with Gasteiger partial charge in [-0.15, -0.1) is 11.8 Å². The number of aromatic nitrogens is 1. The van der Waals surface area contributed by atoms with Gasteiger partial charge in [-0.25, -0.2) is 4.98 Å². The summed E-state index contributed by atoms with van der Waals surface area (Å²) >= 11 is 7.40. The molecule has 0 atom stereocenters. The summed E-state index contributed by atoms with van der Waals surface area (Å²) in [5.41, 5.74) is 1.00. The van der Waals surface area contributed by atoms with Crippen LogP contribution in [0.25, 0.3) is 11.3 Å². The average molecular weight is 240 g/mol. The van der Waals surface area contributed by atoms with Gasteiger partial charge in [0.2, 0.25) is 0 Å². The lowest BCUT2D eigenvalue weighted by atomic mass is 10.2. The lowest BCUT2D eigenvalue weighted by molar-refractivity contribution is 0.533. The highest BCUT2D eigenvalue weighted by Crippen LogP contribution is 2.31. The van der Waals surface area contributed by atoms with Crippen LogP contribution >= 0.6 is 23.4 Å². The Balaban J connectivity index is 2.48. The summed E-state index contributed by atoms with van der Waals surface area (Å²) in [7, 11) is 0. The van der Waals surface area contributed by atoms with Gasteiger partial charge in [-0.3, -0.25) is 0 Å². The van der Waals surface area contributed by atoms with Gasteiger partial charge >= 0.3 is 0 Å². The van der Waals surface area contributed by atoms with Crippen molar-refractivity contribution in [3.63, 3.8) is 0 Å². The van der Waals surface area contributed by atoms with Crippen LogP contribution in [0.1, 0.15) is 5.89 Å². The second kappa shape index (κ2) is 4.29. The minimum absolute atomic E-state index is 0.685. The van der Waals surface area contributed by atoms with Crippen LogP contribution in [-0.4, -0.2) is 11.2 Å². The number of thioether (sulfide) groups is 1. The molecule has 0 fully saturated rings. The normalized spacial score (nSPS) is 10.6.